The van der Waals surface area contributed by atoms with E-state index < -0.39 is 0 Å². The van der Waals surface area contributed by atoms with E-state index in [9.17, 15) is 0 Å². The zero-order valence-corrected chi connectivity index (χ0v) is 19.0. The fourth-order valence-corrected chi connectivity index (χ4v) is 4.64. The van der Waals surface area contributed by atoms with E-state index in [1.807, 2.05) is 30.3 Å². The maximum absolute atomic E-state index is 6.45. The van der Waals surface area contributed by atoms with Crippen molar-refractivity contribution in [3.63, 3.8) is 0 Å². The Labute approximate surface area is 193 Å². The SMILES string of the molecule is Cc1c(CNCCCc2nc3ccccc3[nH]2)c2ccccc2n1Cc1ccccc1Cl. The minimum absolute atomic E-state index is 0.776. The van der Waals surface area contributed by atoms with E-state index in [0.29, 0.717) is 0 Å². The van der Waals surface area contributed by atoms with Gasteiger partial charge in [-0.05, 0) is 55.3 Å². The third-order valence-corrected chi connectivity index (χ3v) is 6.52. The fourth-order valence-electron chi connectivity index (χ4n) is 4.44. The summed E-state index contributed by atoms with van der Waals surface area (Å²) >= 11 is 6.45. The number of nitrogens with one attached hydrogen (secondary N) is 2. The zero-order valence-electron chi connectivity index (χ0n) is 18.2. The number of imidazole rings is 1. The first-order valence-corrected chi connectivity index (χ1v) is 11.5. The molecular formula is C27H27ClN4. The number of H-pyrrole nitrogens is 1. The number of benzene rings is 3. The lowest BCUT2D eigenvalue weighted by Crippen LogP contribution is -2.16. The molecule has 0 atom stereocenters. The summed E-state index contributed by atoms with van der Waals surface area (Å²) in [6.07, 6.45) is 1.98. The number of para-hydroxylation sites is 3. The highest BCUT2D eigenvalue weighted by molar-refractivity contribution is 6.31. The molecule has 0 radical (unpaired) electrons. The van der Waals surface area contributed by atoms with Gasteiger partial charge in [-0.2, -0.15) is 0 Å². The fraction of sp³-hybridized carbons (Fsp3) is 0.222. The molecule has 0 saturated carbocycles. The molecule has 0 saturated heterocycles. The second-order valence-electron chi connectivity index (χ2n) is 8.24. The van der Waals surface area contributed by atoms with Gasteiger partial charge in [-0.3, -0.25) is 0 Å². The normalized spacial score (nSPS) is 11.6. The molecule has 0 unspecified atom stereocenters. The molecule has 5 aromatic rings. The Morgan fingerprint density at radius 2 is 1.75 bits per heavy atom. The summed E-state index contributed by atoms with van der Waals surface area (Å²) in [6, 6.07) is 24.9. The Bertz CT molecular complexity index is 1330. The van der Waals surface area contributed by atoms with Gasteiger partial charge in [0.1, 0.15) is 5.82 Å². The molecule has 0 spiro atoms. The van der Waals surface area contributed by atoms with Gasteiger partial charge < -0.3 is 14.9 Å². The van der Waals surface area contributed by atoms with Crippen LogP contribution in [0, 0.1) is 6.92 Å². The lowest BCUT2D eigenvalue weighted by Gasteiger charge is -2.11. The number of aromatic amines is 1. The van der Waals surface area contributed by atoms with E-state index in [2.05, 4.69) is 69.2 Å². The van der Waals surface area contributed by atoms with Gasteiger partial charge in [0.15, 0.2) is 0 Å². The minimum Gasteiger partial charge on any atom is -0.342 e. The Morgan fingerprint density at radius 3 is 2.62 bits per heavy atom. The van der Waals surface area contributed by atoms with Crippen molar-refractivity contribution in [2.24, 2.45) is 0 Å². The number of aromatic nitrogens is 3. The van der Waals surface area contributed by atoms with Gasteiger partial charge in [-0.25, -0.2) is 4.98 Å². The summed E-state index contributed by atoms with van der Waals surface area (Å²) in [7, 11) is 0. The minimum atomic E-state index is 0.776. The van der Waals surface area contributed by atoms with E-state index in [1.165, 1.54) is 22.2 Å². The van der Waals surface area contributed by atoms with Crippen molar-refractivity contribution in [1.29, 1.82) is 0 Å². The Balaban J connectivity index is 1.27. The van der Waals surface area contributed by atoms with Gasteiger partial charge in [0.25, 0.3) is 0 Å². The molecule has 0 amide bonds. The monoisotopic (exact) mass is 442 g/mol. The van der Waals surface area contributed by atoms with Crippen LogP contribution in [0.4, 0.5) is 0 Å². The molecule has 0 aliphatic heterocycles. The topological polar surface area (TPSA) is 45.6 Å². The first-order valence-electron chi connectivity index (χ1n) is 11.1. The van der Waals surface area contributed by atoms with Crippen LogP contribution in [-0.2, 0) is 19.5 Å². The van der Waals surface area contributed by atoms with Gasteiger partial charge >= 0.3 is 0 Å². The van der Waals surface area contributed by atoms with E-state index in [1.54, 1.807) is 0 Å². The van der Waals surface area contributed by atoms with Gasteiger partial charge in [-0.15, -0.1) is 0 Å². The standard InChI is InChI=1S/C27H27ClN4/c1-19-22(17-29-16-8-15-27-30-24-12-5-6-13-25(24)31-27)21-10-3-7-14-26(21)32(19)18-20-9-2-4-11-23(20)28/h2-7,9-14,29H,8,15-18H2,1H3,(H,30,31). The molecule has 162 valence electrons. The van der Waals surface area contributed by atoms with Crippen LogP contribution in [0.2, 0.25) is 5.02 Å². The van der Waals surface area contributed by atoms with E-state index >= 15 is 0 Å². The molecule has 2 aromatic heterocycles. The smallest absolute Gasteiger partial charge is 0.107 e. The van der Waals surface area contributed by atoms with E-state index in [4.69, 9.17) is 11.6 Å². The maximum atomic E-state index is 6.45. The second-order valence-corrected chi connectivity index (χ2v) is 8.65. The van der Waals surface area contributed by atoms with Crippen LogP contribution >= 0.6 is 11.6 Å². The summed E-state index contributed by atoms with van der Waals surface area (Å²) in [6.45, 7) is 4.78. The van der Waals surface area contributed by atoms with Crippen molar-refractivity contribution < 1.29 is 0 Å². The number of rotatable bonds is 8. The molecule has 32 heavy (non-hydrogen) atoms. The molecular weight excluding hydrogens is 416 g/mol. The summed E-state index contributed by atoms with van der Waals surface area (Å²) in [5.74, 6) is 1.06. The molecule has 5 heteroatoms. The van der Waals surface area contributed by atoms with E-state index in [-0.39, 0.29) is 0 Å². The molecule has 2 heterocycles. The van der Waals surface area contributed by atoms with Crippen LogP contribution in [0.15, 0.2) is 72.8 Å². The lowest BCUT2D eigenvalue weighted by molar-refractivity contribution is 0.639. The van der Waals surface area contributed by atoms with Gasteiger partial charge in [0.05, 0.1) is 11.0 Å². The lowest BCUT2D eigenvalue weighted by atomic mass is 10.1. The Kier molecular flexibility index (Phi) is 5.97. The van der Waals surface area contributed by atoms with Crippen molar-refractivity contribution in [3.8, 4) is 0 Å². The average molecular weight is 443 g/mol. The Morgan fingerprint density at radius 1 is 0.969 bits per heavy atom. The van der Waals surface area contributed by atoms with Crippen LogP contribution in [0.5, 0.6) is 0 Å². The largest absolute Gasteiger partial charge is 0.342 e. The highest BCUT2D eigenvalue weighted by atomic mass is 35.5. The number of halogens is 1. The van der Waals surface area contributed by atoms with Crippen molar-refractivity contribution in [3.05, 3.63) is 100 Å². The molecule has 0 bridgehead atoms. The second kappa shape index (κ2) is 9.19. The predicted octanol–water partition coefficient (Wildman–Crippen LogP) is 6.25. The van der Waals surface area contributed by atoms with Crippen molar-refractivity contribution in [2.75, 3.05) is 6.54 Å². The predicted molar refractivity (Wildman–Crippen MR) is 133 cm³/mol. The number of hydrogen-bond donors (Lipinski definition) is 2. The Hall–Kier alpha value is -3.08. The van der Waals surface area contributed by atoms with Gasteiger partial charge in [-0.1, -0.05) is 60.1 Å². The van der Waals surface area contributed by atoms with E-state index in [0.717, 1.165) is 59.9 Å². The van der Waals surface area contributed by atoms with Crippen LogP contribution in [0.3, 0.4) is 0 Å². The third kappa shape index (κ3) is 4.16. The van der Waals surface area contributed by atoms with Gasteiger partial charge in [0.2, 0.25) is 0 Å². The van der Waals surface area contributed by atoms with Crippen LogP contribution < -0.4 is 5.32 Å². The van der Waals surface area contributed by atoms with Crippen LogP contribution in [-0.4, -0.2) is 21.1 Å². The summed E-state index contributed by atoms with van der Waals surface area (Å²) in [4.78, 5) is 8.09. The summed E-state index contributed by atoms with van der Waals surface area (Å²) in [5.41, 5.74) is 7.19. The number of nitrogens with zero attached hydrogens (tertiary/aromatic N) is 2. The molecule has 0 aliphatic rings. The molecule has 2 N–H and O–H groups in total. The number of hydrogen-bond acceptors (Lipinski definition) is 2. The van der Waals surface area contributed by atoms with Crippen molar-refractivity contribution in [1.82, 2.24) is 19.9 Å². The highest BCUT2D eigenvalue weighted by Crippen LogP contribution is 2.28. The van der Waals surface area contributed by atoms with Crippen LogP contribution in [0.1, 0.15) is 29.1 Å². The maximum Gasteiger partial charge on any atom is 0.107 e. The summed E-state index contributed by atoms with van der Waals surface area (Å²) in [5, 5.41) is 5.77. The first-order chi connectivity index (χ1) is 15.7. The van der Waals surface area contributed by atoms with Crippen LogP contribution in [0.25, 0.3) is 21.9 Å². The highest BCUT2D eigenvalue weighted by Gasteiger charge is 2.14. The van der Waals surface area contributed by atoms with Gasteiger partial charge in [0, 0.05) is 41.1 Å². The quantitative estimate of drug-likeness (QED) is 0.279. The third-order valence-electron chi connectivity index (χ3n) is 6.16. The zero-order chi connectivity index (χ0) is 21.9. The first kappa shape index (κ1) is 20.8. The number of aryl methyl sites for hydroxylation is 1. The van der Waals surface area contributed by atoms with Crippen molar-refractivity contribution >= 4 is 33.5 Å². The molecule has 5 rings (SSSR count). The molecule has 0 fully saturated rings. The molecule has 4 nitrogen and oxygen atoms in total. The average Bonchev–Trinajstić information content (AvgIpc) is 3.34. The molecule has 3 aromatic carbocycles. The summed E-state index contributed by atoms with van der Waals surface area (Å²) < 4.78 is 2.38. The van der Waals surface area contributed by atoms with Crippen molar-refractivity contribution in [2.45, 2.75) is 32.9 Å². The number of fused-ring (bicyclic) bond motifs is 2. The molecule has 0 aliphatic carbocycles.